The number of carbonyl (C=O) groups is 1. The lowest BCUT2D eigenvalue weighted by atomic mass is 9.87. The molecule has 1 heterocycles. The fourth-order valence-corrected chi connectivity index (χ4v) is 5.35. The summed E-state index contributed by atoms with van der Waals surface area (Å²) >= 11 is 0. The molecule has 0 radical (unpaired) electrons. The summed E-state index contributed by atoms with van der Waals surface area (Å²) in [5.74, 6) is -1.12. The molecule has 1 aliphatic rings. The van der Waals surface area contributed by atoms with Crippen LogP contribution in [-0.4, -0.2) is 31.0 Å². The van der Waals surface area contributed by atoms with Crippen molar-refractivity contribution in [3.63, 3.8) is 0 Å². The summed E-state index contributed by atoms with van der Waals surface area (Å²) in [6.45, 7) is 0.537. The zero-order chi connectivity index (χ0) is 22.6. The number of aromatic carboxylic acids is 1. The third-order valence-electron chi connectivity index (χ3n) is 5.65. The number of carboxylic acids is 1. The molecule has 1 aliphatic carbocycles. The second kappa shape index (κ2) is 9.40. The molecule has 3 N–H and O–H groups in total. The average Bonchev–Trinajstić information content (AvgIpc) is 2.79. The zero-order valence-corrected chi connectivity index (χ0v) is 18.4. The van der Waals surface area contributed by atoms with Crippen LogP contribution in [-0.2, 0) is 29.3 Å². The highest BCUT2D eigenvalue weighted by Crippen LogP contribution is 2.32. The minimum atomic E-state index is -4.01. The summed E-state index contributed by atoms with van der Waals surface area (Å²) in [6.07, 6.45) is 7.50. The van der Waals surface area contributed by atoms with E-state index in [0.717, 1.165) is 36.0 Å². The maximum atomic E-state index is 13.2. The second-order valence-electron chi connectivity index (χ2n) is 7.77. The first-order valence-corrected chi connectivity index (χ1v) is 12.1. The van der Waals surface area contributed by atoms with Crippen LogP contribution in [0.5, 0.6) is 0 Å². The number of aromatic nitrogens is 1. The topological polar surface area (TPSA) is 108 Å². The zero-order valence-electron chi connectivity index (χ0n) is 17.5. The van der Waals surface area contributed by atoms with E-state index in [1.807, 2.05) is 18.2 Å². The molecule has 3 aromatic rings. The molecule has 32 heavy (non-hydrogen) atoms. The molecule has 0 unspecified atom stereocenters. The van der Waals surface area contributed by atoms with E-state index in [2.05, 4.69) is 15.0 Å². The number of para-hydroxylation sites is 1. The van der Waals surface area contributed by atoms with Crippen molar-refractivity contribution in [3.8, 4) is 0 Å². The Balaban J connectivity index is 1.59. The summed E-state index contributed by atoms with van der Waals surface area (Å²) in [5, 5.41) is 13.0. The molecule has 0 saturated carbocycles. The van der Waals surface area contributed by atoms with Crippen LogP contribution in [0.1, 0.15) is 39.9 Å². The largest absolute Gasteiger partial charge is 0.478 e. The number of anilines is 2. The lowest BCUT2D eigenvalue weighted by Crippen LogP contribution is -2.20. The maximum absolute atomic E-state index is 13.2. The van der Waals surface area contributed by atoms with Gasteiger partial charge in [0.25, 0.3) is 10.0 Å². The standard InChI is InChI=1S/C24H25N3O4S/c28-24(29)23-19-6-2-1-5-18(19)9-10-21(23)27-32(30,31)22-8-4-3-7-20(22)26-16-13-17-11-14-25-15-12-17/h3-4,7-12,14-15,26-27H,1-2,5-6,13,16H2,(H,28,29). The number of pyridine rings is 1. The van der Waals surface area contributed by atoms with E-state index in [9.17, 15) is 18.3 Å². The van der Waals surface area contributed by atoms with Crippen molar-refractivity contribution in [2.75, 3.05) is 16.6 Å². The van der Waals surface area contributed by atoms with Gasteiger partial charge in [0.2, 0.25) is 0 Å². The predicted molar refractivity (Wildman–Crippen MR) is 124 cm³/mol. The normalized spacial score (nSPS) is 13.2. The fraction of sp³-hybridized carbons (Fsp3) is 0.250. The molecular formula is C24H25N3O4S. The van der Waals surface area contributed by atoms with Gasteiger partial charge in [0.15, 0.2) is 0 Å². The Morgan fingerprint density at radius 2 is 1.72 bits per heavy atom. The highest BCUT2D eigenvalue weighted by molar-refractivity contribution is 7.92. The Morgan fingerprint density at radius 1 is 0.969 bits per heavy atom. The van der Waals surface area contributed by atoms with E-state index < -0.39 is 16.0 Å². The van der Waals surface area contributed by atoms with E-state index >= 15 is 0 Å². The van der Waals surface area contributed by atoms with E-state index in [1.54, 1.807) is 36.7 Å². The van der Waals surface area contributed by atoms with Crippen LogP contribution in [0.2, 0.25) is 0 Å². The van der Waals surface area contributed by atoms with Crippen molar-refractivity contribution >= 4 is 27.4 Å². The van der Waals surface area contributed by atoms with Crippen molar-refractivity contribution < 1.29 is 18.3 Å². The van der Waals surface area contributed by atoms with Crippen LogP contribution in [0.4, 0.5) is 11.4 Å². The van der Waals surface area contributed by atoms with E-state index in [1.165, 1.54) is 6.07 Å². The molecule has 8 heteroatoms. The van der Waals surface area contributed by atoms with Crippen molar-refractivity contribution in [1.29, 1.82) is 0 Å². The SMILES string of the molecule is O=C(O)c1c(NS(=O)(=O)c2ccccc2NCCc2ccncc2)ccc2c1CCCC2. The summed E-state index contributed by atoms with van der Waals surface area (Å²) in [4.78, 5) is 16.1. The summed E-state index contributed by atoms with van der Waals surface area (Å²) in [7, 11) is -4.01. The third kappa shape index (κ3) is 4.75. The Labute approximate surface area is 187 Å². The first kappa shape index (κ1) is 21.8. The Morgan fingerprint density at radius 3 is 2.50 bits per heavy atom. The van der Waals surface area contributed by atoms with Crippen molar-refractivity contribution in [2.45, 2.75) is 37.0 Å². The van der Waals surface area contributed by atoms with Gasteiger partial charge in [-0.1, -0.05) is 18.2 Å². The third-order valence-corrected chi connectivity index (χ3v) is 7.07. The van der Waals surface area contributed by atoms with Crippen molar-refractivity contribution in [3.05, 3.63) is 83.2 Å². The van der Waals surface area contributed by atoms with E-state index in [0.29, 0.717) is 25.1 Å². The van der Waals surface area contributed by atoms with Crippen LogP contribution >= 0.6 is 0 Å². The Bertz CT molecular complexity index is 1230. The smallest absolute Gasteiger partial charge is 0.338 e. The molecule has 0 spiro atoms. The average molecular weight is 452 g/mol. The summed E-state index contributed by atoms with van der Waals surface area (Å²) in [6, 6.07) is 13.8. The van der Waals surface area contributed by atoms with Crippen LogP contribution in [0.3, 0.4) is 0 Å². The molecule has 2 aromatic carbocycles. The Kier molecular flexibility index (Phi) is 6.41. The van der Waals surface area contributed by atoms with E-state index in [4.69, 9.17) is 0 Å². The number of hydrogen-bond donors (Lipinski definition) is 3. The molecule has 0 atom stereocenters. The van der Waals surface area contributed by atoms with Gasteiger partial charge in [-0.3, -0.25) is 9.71 Å². The van der Waals surface area contributed by atoms with Gasteiger partial charge in [-0.25, -0.2) is 13.2 Å². The van der Waals surface area contributed by atoms with Gasteiger partial charge in [-0.15, -0.1) is 0 Å². The van der Waals surface area contributed by atoms with Crippen molar-refractivity contribution in [2.24, 2.45) is 0 Å². The first-order valence-electron chi connectivity index (χ1n) is 10.6. The fourth-order valence-electron chi connectivity index (χ4n) is 4.10. The lowest BCUT2D eigenvalue weighted by molar-refractivity contribution is 0.0696. The molecule has 7 nitrogen and oxygen atoms in total. The minimum Gasteiger partial charge on any atom is -0.478 e. The molecule has 0 amide bonds. The van der Waals surface area contributed by atoms with Gasteiger partial charge in [0.1, 0.15) is 4.90 Å². The number of rotatable bonds is 8. The summed E-state index contributed by atoms with van der Waals surface area (Å²) < 4.78 is 29.0. The van der Waals surface area contributed by atoms with Crippen LogP contribution in [0.25, 0.3) is 0 Å². The number of sulfonamides is 1. The van der Waals surface area contributed by atoms with Crippen LogP contribution in [0, 0.1) is 0 Å². The molecule has 0 saturated heterocycles. The minimum absolute atomic E-state index is 0.0499. The quantitative estimate of drug-likeness (QED) is 0.476. The number of fused-ring (bicyclic) bond motifs is 1. The monoisotopic (exact) mass is 451 g/mol. The molecule has 1 aromatic heterocycles. The van der Waals surface area contributed by atoms with Gasteiger partial charge in [0, 0.05) is 18.9 Å². The van der Waals surface area contributed by atoms with Crippen LogP contribution < -0.4 is 10.0 Å². The summed E-state index contributed by atoms with van der Waals surface area (Å²) in [5.41, 5.74) is 3.41. The van der Waals surface area contributed by atoms with Gasteiger partial charge < -0.3 is 10.4 Å². The first-order chi connectivity index (χ1) is 15.5. The molecule has 0 aliphatic heterocycles. The number of benzene rings is 2. The van der Waals surface area contributed by atoms with Gasteiger partial charge in [-0.05, 0) is 79.1 Å². The maximum Gasteiger partial charge on any atom is 0.338 e. The van der Waals surface area contributed by atoms with Gasteiger partial charge in [0.05, 0.1) is 16.9 Å². The van der Waals surface area contributed by atoms with Crippen molar-refractivity contribution in [1.82, 2.24) is 4.98 Å². The second-order valence-corrected chi connectivity index (χ2v) is 9.42. The number of aryl methyl sites for hydroxylation is 1. The number of nitrogens with one attached hydrogen (secondary N) is 2. The lowest BCUT2D eigenvalue weighted by Gasteiger charge is -2.21. The Hall–Kier alpha value is -3.39. The molecule has 4 rings (SSSR count). The number of nitrogens with zero attached hydrogens (tertiary/aromatic N) is 1. The predicted octanol–water partition coefficient (Wildman–Crippen LogP) is 4.11. The van der Waals surface area contributed by atoms with Crippen LogP contribution in [0.15, 0.2) is 65.8 Å². The number of hydrogen-bond acceptors (Lipinski definition) is 5. The molecule has 0 bridgehead atoms. The van der Waals surface area contributed by atoms with Gasteiger partial charge in [-0.2, -0.15) is 0 Å². The highest BCUT2D eigenvalue weighted by Gasteiger charge is 2.25. The highest BCUT2D eigenvalue weighted by atomic mass is 32.2. The number of carboxylic acid groups (broad SMARTS) is 1. The molecule has 0 fully saturated rings. The van der Waals surface area contributed by atoms with Gasteiger partial charge >= 0.3 is 5.97 Å². The van der Waals surface area contributed by atoms with E-state index in [-0.39, 0.29) is 16.1 Å². The molecule has 166 valence electrons. The molecular weight excluding hydrogens is 426 g/mol.